The zero-order valence-corrected chi connectivity index (χ0v) is 34.9. The van der Waals surface area contributed by atoms with Crippen LogP contribution in [0.2, 0.25) is 0 Å². The number of carbonyl (C=O) groups is 2. The molecule has 58 heavy (non-hydrogen) atoms. The number of likely N-dealkylation sites (tertiary alicyclic amines) is 2. The number of piperidine rings is 2. The molecular formula is C46H58F2N8O2. The fourth-order valence-corrected chi connectivity index (χ4v) is 9.56. The minimum atomic E-state index is -0.239. The van der Waals surface area contributed by atoms with Gasteiger partial charge in [-0.2, -0.15) is 10.2 Å². The molecule has 8 rings (SSSR count). The van der Waals surface area contributed by atoms with Crippen molar-refractivity contribution in [2.75, 3.05) is 50.1 Å². The Hall–Kier alpha value is -5.26. The molecule has 0 saturated carbocycles. The third kappa shape index (κ3) is 7.82. The number of rotatable bonds is 8. The number of hydrogen-bond acceptors (Lipinski definition) is 6. The van der Waals surface area contributed by atoms with E-state index in [1.54, 1.807) is 36.0 Å². The van der Waals surface area contributed by atoms with Crippen LogP contribution in [-0.2, 0) is 22.4 Å². The highest BCUT2D eigenvalue weighted by molar-refractivity contribution is 5.97. The Labute approximate surface area is 341 Å². The van der Waals surface area contributed by atoms with Gasteiger partial charge >= 0.3 is 0 Å². The van der Waals surface area contributed by atoms with Gasteiger partial charge in [0, 0.05) is 109 Å². The van der Waals surface area contributed by atoms with E-state index >= 15 is 8.78 Å². The third-order valence-electron chi connectivity index (χ3n) is 13.5. The molecule has 2 atom stereocenters. The molecule has 4 aliphatic heterocycles. The average Bonchev–Trinajstić information content (AvgIpc) is 3.92. The van der Waals surface area contributed by atoms with Crippen LogP contribution in [0.1, 0.15) is 100 Å². The Bertz CT molecular complexity index is 2040. The molecule has 12 heteroatoms. The van der Waals surface area contributed by atoms with E-state index in [0.717, 1.165) is 85.8 Å². The summed E-state index contributed by atoms with van der Waals surface area (Å²) in [5.74, 6) is 1.22. The number of nitrogens with one attached hydrogen (secondary N) is 2. The van der Waals surface area contributed by atoms with Crippen LogP contribution >= 0.6 is 0 Å². The van der Waals surface area contributed by atoms with Gasteiger partial charge in [-0.05, 0) is 100 Å². The molecule has 2 aromatic carbocycles. The Morgan fingerprint density at radius 1 is 0.655 bits per heavy atom. The number of anilines is 2. The molecule has 2 N–H and O–H groups in total. The molecule has 4 aliphatic rings. The maximum Gasteiger partial charge on any atom is 0.227 e. The third-order valence-corrected chi connectivity index (χ3v) is 13.5. The van der Waals surface area contributed by atoms with Gasteiger partial charge < -0.3 is 19.6 Å². The van der Waals surface area contributed by atoms with Crippen molar-refractivity contribution in [2.45, 2.75) is 90.9 Å². The minimum Gasteiger partial charge on any atom is -0.376 e. The van der Waals surface area contributed by atoms with Crippen LogP contribution in [0, 0.1) is 23.5 Å². The molecular weight excluding hydrogens is 735 g/mol. The van der Waals surface area contributed by atoms with Crippen molar-refractivity contribution in [3.63, 3.8) is 0 Å². The van der Waals surface area contributed by atoms with E-state index in [9.17, 15) is 9.59 Å². The van der Waals surface area contributed by atoms with Crippen molar-refractivity contribution < 1.29 is 18.4 Å². The summed E-state index contributed by atoms with van der Waals surface area (Å²) < 4.78 is 30.9. The molecule has 6 heterocycles. The van der Waals surface area contributed by atoms with E-state index in [0.29, 0.717) is 71.1 Å². The molecule has 308 valence electrons. The highest BCUT2D eigenvalue weighted by Gasteiger charge is 2.32. The van der Waals surface area contributed by atoms with E-state index in [2.05, 4.69) is 71.0 Å². The number of carbonyl (C=O) groups excluding carboxylic acids is 2. The van der Waals surface area contributed by atoms with E-state index in [-0.39, 0.29) is 35.3 Å². The van der Waals surface area contributed by atoms with Gasteiger partial charge in [-0.15, -0.1) is 0 Å². The number of amides is 2. The first-order valence-corrected chi connectivity index (χ1v) is 20.8. The molecule has 2 fully saturated rings. The predicted molar refractivity (Wildman–Crippen MR) is 226 cm³/mol. The van der Waals surface area contributed by atoms with Crippen molar-refractivity contribution in [3.05, 3.63) is 95.1 Å². The topological polar surface area (TPSA) is 104 Å². The van der Waals surface area contributed by atoms with Crippen LogP contribution in [0.4, 0.5) is 20.2 Å². The summed E-state index contributed by atoms with van der Waals surface area (Å²) in [6.07, 6.45) is 9.65. The minimum absolute atomic E-state index is 0.0293. The number of allylic oxidation sites excluding steroid dienone is 2. The van der Waals surface area contributed by atoms with Gasteiger partial charge in [-0.25, -0.2) is 8.78 Å². The van der Waals surface area contributed by atoms with Gasteiger partial charge in [0.2, 0.25) is 11.8 Å². The Morgan fingerprint density at radius 3 is 1.36 bits per heavy atom. The lowest BCUT2D eigenvalue weighted by molar-refractivity contribution is -0.119. The lowest BCUT2D eigenvalue weighted by Gasteiger charge is -2.36. The highest BCUT2D eigenvalue weighted by atomic mass is 19.1. The molecule has 2 amide bonds. The maximum atomic E-state index is 15.4. The second-order valence-corrected chi connectivity index (χ2v) is 16.9. The summed E-state index contributed by atoms with van der Waals surface area (Å²) in [7, 11) is 3.42. The quantitative estimate of drug-likeness (QED) is 0.185. The lowest BCUT2D eigenvalue weighted by Crippen LogP contribution is -2.33. The van der Waals surface area contributed by atoms with Gasteiger partial charge in [-0.3, -0.25) is 19.8 Å². The van der Waals surface area contributed by atoms with Crippen LogP contribution < -0.4 is 9.80 Å². The maximum absolute atomic E-state index is 15.4. The number of hydrogen-bond donors (Lipinski definition) is 2. The van der Waals surface area contributed by atoms with Gasteiger partial charge in [0.05, 0.1) is 23.8 Å². The largest absolute Gasteiger partial charge is 0.376 e. The normalized spacial score (nSPS) is 18.7. The Morgan fingerprint density at radius 2 is 1.02 bits per heavy atom. The number of benzene rings is 2. The van der Waals surface area contributed by atoms with Crippen molar-refractivity contribution in [1.29, 1.82) is 0 Å². The molecule has 0 spiro atoms. The SMILES string of the molecule is C=C(C)N1CCC([C@@H](C)c2cn[nH]c2-c2ccc3c(c2F)CCC(=O)N3C)CC1.C=C(C)N1CCC([C@H](C)c2cn[nH]c2-c2ccc3c(c2F)CCC(=O)N3C)CC1. The van der Waals surface area contributed by atoms with Crippen molar-refractivity contribution in [3.8, 4) is 22.5 Å². The van der Waals surface area contributed by atoms with E-state index in [1.165, 1.54) is 0 Å². The molecule has 0 unspecified atom stereocenters. The Kier molecular flexibility index (Phi) is 11.9. The Balaban J connectivity index is 0.000000177. The van der Waals surface area contributed by atoms with Crippen LogP contribution in [0.25, 0.3) is 22.5 Å². The van der Waals surface area contributed by atoms with Gasteiger partial charge in [-0.1, -0.05) is 27.0 Å². The number of halogens is 2. The molecule has 0 bridgehead atoms. The highest BCUT2D eigenvalue weighted by Crippen LogP contribution is 2.42. The number of fused-ring (bicyclic) bond motifs is 2. The molecule has 4 aromatic rings. The molecule has 2 saturated heterocycles. The summed E-state index contributed by atoms with van der Waals surface area (Å²) in [6.45, 7) is 20.7. The van der Waals surface area contributed by atoms with Crippen molar-refractivity contribution >= 4 is 23.2 Å². The van der Waals surface area contributed by atoms with Crippen LogP contribution in [-0.4, -0.2) is 82.3 Å². The van der Waals surface area contributed by atoms with Crippen LogP contribution in [0.5, 0.6) is 0 Å². The van der Waals surface area contributed by atoms with E-state index in [1.807, 2.05) is 24.5 Å². The summed E-state index contributed by atoms with van der Waals surface area (Å²) in [5, 5.41) is 14.6. The second kappa shape index (κ2) is 16.9. The lowest BCUT2D eigenvalue weighted by atomic mass is 9.80. The monoisotopic (exact) mass is 792 g/mol. The fourth-order valence-electron chi connectivity index (χ4n) is 9.56. The van der Waals surface area contributed by atoms with Gasteiger partial charge in [0.25, 0.3) is 0 Å². The van der Waals surface area contributed by atoms with Crippen molar-refractivity contribution in [1.82, 2.24) is 30.2 Å². The van der Waals surface area contributed by atoms with E-state index in [4.69, 9.17) is 0 Å². The summed E-state index contributed by atoms with van der Waals surface area (Å²) in [5.41, 5.74) is 9.58. The number of H-pyrrole nitrogens is 2. The first kappa shape index (κ1) is 40.9. The molecule has 0 aliphatic carbocycles. The van der Waals surface area contributed by atoms with Crippen molar-refractivity contribution in [2.24, 2.45) is 11.8 Å². The summed E-state index contributed by atoms with van der Waals surface area (Å²) in [4.78, 5) is 31.7. The standard InChI is InChI=1S/2C23H29FN4O/c2*1-14(2)28-11-9-16(10-12-28)15(3)19-13-25-26-23(19)18-5-7-20-17(22(18)24)6-8-21(29)27(20)4/h2*5,7,13,15-16H,1,6,8-12H2,2-4H3,(H,25,26)/t2*15-/m10/s1. The second-order valence-electron chi connectivity index (χ2n) is 16.9. The zero-order valence-electron chi connectivity index (χ0n) is 34.9. The molecule has 0 radical (unpaired) electrons. The first-order chi connectivity index (χ1) is 27.8. The summed E-state index contributed by atoms with van der Waals surface area (Å²) >= 11 is 0. The fraction of sp³-hybridized carbons (Fsp3) is 0.478. The predicted octanol–water partition coefficient (Wildman–Crippen LogP) is 8.95. The molecule has 10 nitrogen and oxygen atoms in total. The average molecular weight is 793 g/mol. The van der Waals surface area contributed by atoms with E-state index < -0.39 is 0 Å². The number of aromatic nitrogens is 4. The zero-order chi connectivity index (χ0) is 41.4. The number of nitrogens with zero attached hydrogens (tertiary/aromatic N) is 6. The smallest absolute Gasteiger partial charge is 0.227 e. The van der Waals surface area contributed by atoms with Crippen LogP contribution in [0.3, 0.4) is 0 Å². The van der Waals surface area contributed by atoms with Gasteiger partial charge in [0.1, 0.15) is 11.6 Å². The van der Waals surface area contributed by atoms with Crippen LogP contribution in [0.15, 0.2) is 61.2 Å². The first-order valence-electron chi connectivity index (χ1n) is 20.8. The summed E-state index contributed by atoms with van der Waals surface area (Å²) in [6, 6.07) is 7.25. The molecule has 2 aromatic heterocycles. The van der Waals surface area contributed by atoms with Gasteiger partial charge in [0.15, 0.2) is 0 Å². The number of aromatic amines is 2.